The zero-order chi connectivity index (χ0) is 25.5. The van der Waals surface area contributed by atoms with Crippen molar-refractivity contribution >= 4 is 34.5 Å². The van der Waals surface area contributed by atoms with Crippen LogP contribution in [0.4, 0.5) is 4.79 Å². The van der Waals surface area contributed by atoms with E-state index in [1.165, 1.54) is 0 Å². The maximum atomic E-state index is 13.4. The van der Waals surface area contributed by atoms with Gasteiger partial charge in [0.05, 0.1) is 16.8 Å². The summed E-state index contributed by atoms with van der Waals surface area (Å²) in [7, 11) is 6.23. The SMILES string of the molecule is CN(C)CCN(C)Cc1ccc2c(c1)cc(-c1ccc(Cl)c3c1C(=O)NC3)n2C(=O)OC(C)(C)C. The van der Waals surface area contributed by atoms with Crippen molar-refractivity contribution in [3.63, 3.8) is 0 Å². The first-order chi connectivity index (χ1) is 16.4. The van der Waals surface area contributed by atoms with Gasteiger partial charge in [0.25, 0.3) is 5.91 Å². The Morgan fingerprint density at radius 3 is 2.54 bits per heavy atom. The van der Waals surface area contributed by atoms with Gasteiger partial charge < -0.3 is 19.9 Å². The van der Waals surface area contributed by atoms with Crippen LogP contribution in [0.1, 0.15) is 42.3 Å². The highest BCUT2D eigenvalue weighted by Crippen LogP contribution is 2.37. The smallest absolute Gasteiger partial charge is 0.419 e. The van der Waals surface area contributed by atoms with Crippen LogP contribution in [0, 0.1) is 0 Å². The van der Waals surface area contributed by atoms with E-state index in [2.05, 4.69) is 42.3 Å². The van der Waals surface area contributed by atoms with Crippen LogP contribution in [-0.2, 0) is 17.8 Å². The molecule has 35 heavy (non-hydrogen) atoms. The van der Waals surface area contributed by atoms with Crippen LogP contribution in [-0.4, -0.2) is 66.2 Å². The summed E-state index contributed by atoms with van der Waals surface area (Å²) < 4.78 is 7.32. The highest BCUT2D eigenvalue weighted by Gasteiger charge is 2.29. The van der Waals surface area contributed by atoms with Gasteiger partial charge in [-0.1, -0.05) is 23.7 Å². The minimum Gasteiger partial charge on any atom is -0.443 e. The summed E-state index contributed by atoms with van der Waals surface area (Å²) in [6.07, 6.45) is -0.486. The molecule has 0 saturated heterocycles. The number of amides is 1. The van der Waals surface area contributed by atoms with E-state index < -0.39 is 11.7 Å². The maximum absolute atomic E-state index is 13.4. The molecule has 2 aromatic carbocycles. The first kappa shape index (κ1) is 25.2. The van der Waals surface area contributed by atoms with E-state index in [4.69, 9.17) is 16.3 Å². The molecule has 8 heteroatoms. The molecule has 0 fully saturated rings. The number of carbonyl (C=O) groups excluding carboxylic acids is 2. The van der Waals surface area contributed by atoms with Gasteiger partial charge in [0.2, 0.25) is 0 Å². The second-order valence-electron chi connectivity index (χ2n) is 10.4. The number of likely N-dealkylation sites (N-methyl/N-ethyl adjacent to an activating group) is 2. The van der Waals surface area contributed by atoms with Crippen LogP contribution >= 0.6 is 11.6 Å². The van der Waals surface area contributed by atoms with E-state index in [1.807, 2.05) is 39.0 Å². The number of halogens is 1. The van der Waals surface area contributed by atoms with Crippen molar-refractivity contribution in [1.29, 1.82) is 0 Å². The van der Waals surface area contributed by atoms with Gasteiger partial charge in [0, 0.05) is 47.7 Å². The normalized spacial score (nSPS) is 13.6. The zero-order valence-electron chi connectivity index (χ0n) is 21.2. The molecule has 0 bridgehead atoms. The van der Waals surface area contributed by atoms with Gasteiger partial charge >= 0.3 is 6.09 Å². The molecule has 0 unspecified atom stereocenters. The Balaban J connectivity index is 1.82. The average molecular weight is 497 g/mol. The minimum atomic E-state index is -0.667. The van der Waals surface area contributed by atoms with Crippen molar-refractivity contribution in [2.24, 2.45) is 0 Å². The number of nitrogens with one attached hydrogen (secondary N) is 1. The highest BCUT2D eigenvalue weighted by molar-refractivity contribution is 6.32. The molecule has 1 aliphatic heterocycles. The molecule has 1 aromatic heterocycles. The summed E-state index contributed by atoms with van der Waals surface area (Å²) in [4.78, 5) is 30.5. The monoisotopic (exact) mass is 496 g/mol. The number of benzene rings is 2. The molecule has 4 rings (SSSR count). The lowest BCUT2D eigenvalue weighted by Gasteiger charge is -2.21. The van der Waals surface area contributed by atoms with Gasteiger partial charge in [0.15, 0.2) is 0 Å². The molecule has 1 aliphatic rings. The van der Waals surface area contributed by atoms with Crippen LogP contribution in [0.15, 0.2) is 36.4 Å². The molecular weight excluding hydrogens is 464 g/mol. The van der Waals surface area contributed by atoms with Gasteiger partial charge in [-0.3, -0.25) is 4.79 Å². The van der Waals surface area contributed by atoms with Crippen LogP contribution in [0.5, 0.6) is 0 Å². The molecule has 186 valence electrons. The Kier molecular flexibility index (Phi) is 6.95. The molecule has 2 heterocycles. The number of rotatable bonds is 6. The molecule has 0 aliphatic carbocycles. The summed E-state index contributed by atoms with van der Waals surface area (Å²) in [6, 6.07) is 11.6. The first-order valence-electron chi connectivity index (χ1n) is 11.8. The van der Waals surface area contributed by atoms with E-state index in [1.54, 1.807) is 16.7 Å². The minimum absolute atomic E-state index is 0.193. The number of hydrogen-bond acceptors (Lipinski definition) is 5. The van der Waals surface area contributed by atoms with E-state index in [-0.39, 0.29) is 5.91 Å². The second kappa shape index (κ2) is 9.64. The molecule has 7 nitrogen and oxygen atoms in total. The highest BCUT2D eigenvalue weighted by atomic mass is 35.5. The molecule has 0 atom stereocenters. The topological polar surface area (TPSA) is 66.8 Å². The standard InChI is InChI=1S/C27H33ClN4O3/c1-27(2,3)35-26(34)32-22-10-7-17(16-31(6)12-11-30(4)5)13-18(22)14-23(32)19-8-9-21(28)20-15-29-25(33)24(19)20/h7-10,13-14H,11-12,15-16H2,1-6H3,(H,29,33). The van der Waals surface area contributed by atoms with Crippen molar-refractivity contribution < 1.29 is 14.3 Å². The molecule has 1 N–H and O–H groups in total. The Hall–Kier alpha value is -2.87. The van der Waals surface area contributed by atoms with Crippen LogP contribution in [0.25, 0.3) is 22.2 Å². The molecular formula is C27H33ClN4O3. The summed E-state index contributed by atoms with van der Waals surface area (Å²) in [5.74, 6) is -0.193. The molecule has 0 saturated carbocycles. The lowest BCUT2D eigenvalue weighted by Crippen LogP contribution is -2.28. The van der Waals surface area contributed by atoms with Crippen LogP contribution < -0.4 is 5.32 Å². The number of fused-ring (bicyclic) bond motifs is 2. The third kappa shape index (κ3) is 5.37. The van der Waals surface area contributed by atoms with Crippen molar-refractivity contribution in [3.05, 3.63) is 58.1 Å². The Labute approximate surface area is 211 Å². The molecule has 3 aromatic rings. The number of aromatic nitrogens is 1. The third-order valence-corrected chi connectivity index (χ3v) is 6.36. The lowest BCUT2D eigenvalue weighted by atomic mass is 10.00. The predicted octanol–water partition coefficient (Wildman–Crippen LogP) is 4.98. The van der Waals surface area contributed by atoms with E-state index in [0.29, 0.717) is 28.4 Å². The Morgan fingerprint density at radius 2 is 1.86 bits per heavy atom. The van der Waals surface area contributed by atoms with Crippen LogP contribution in [0.2, 0.25) is 5.02 Å². The Bertz CT molecular complexity index is 1290. The molecule has 0 radical (unpaired) electrons. The third-order valence-electron chi connectivity index (χ3n) is 6.01. The average Bonchev–Trinajstić information content (AvgIpc) is 3.33. The van der Waals surface area contributed by atoms with Gasteiger partial charge in [-0.25, -0.2) is 9.36 Å². The van der Waals surface area contributed by atoms with Crippen molar-refractivity contribution in [3.8, 4) is 11.3 Å². The quantitative estimate of drug-likeness (QED) is 0.521. The molecule has 1 amide bonds. The summed E-state index contributed by atoms with van der Waals surface area (Å²) in [6.45, 7) is 8.59. The number of ether oxygens (including phenoxy) is 1. The fraction of sp³-hybridized carbons (Fsp3) is 0.407. The number of hydrogen-bond donors (Lipinski definition) is 1. The first-order valence-corrected chi connectivity index (χ1v) is 12.1. The van der Waals surface area contributed by atoms with E-state index >= 15 is 0 Å². The van der Waals surface area contributed by atoms with Crippen molar-refractivity contribution in [2.75, 3.05) is 34.2 Å². The van der Waals surface area contributed by atoms with Crippen LogP contribution in [0.3, 0.4) is 0 Å². The number of nitrogens with zero attached hydrogens (tertiary/aromatic N) is 3. The van der Waals surface area contributed by atoms with Gasteiger partial charge in [0.1, 0.15) is 5.60 Å². The fourth-order valence-corrected chi connectivity index (χ4v) is 4.58. The summed E-state index contributed by atoms with van der Waals surface area (Å²) in [5.41, 5.74) is 3.73. The Morgan fingerprint density at radius 1 is 1.11 bits per heavy atom. The predicted molar refractivity (Wildman–Crippen MR) is 140 cm³/mol. The van der Waals surface area contributed by atoms with E-state index in [0.717, 1.165) is 41.7 Å². The number of carbonyl (C=O) groups is 2. The van der Waals surface area contributed by atoms with Gasteiger partial charge in [-0.15, -0.1) is 0 Å². The van der Waals surface area contributed by atoms with Crippen molar-refractivity contribution in [1.82, 2.24) is 19.7 Å². The largest absolute Gasteiger partial charge is 0.443 e. The van der Waals surface area contributed by atoms with Crippen molar-refractivity contribution in [2.45, 2.75) is 39.5 Å². The maximum Gasteiger partial charge on any atom is 0.419 e. The van der Waals surface area contributed by atoms with E-state index in [9.17, 15) is 9.59 Å². The summed E-state index contributed by atoms with van der Waals surface area (Å²) >= 11 is 6.38. The zero-order valence-corrected chi connectivity index (χ0v) is 22.0. The lowest BCUT2D eigenvalue weighted by molar-refractivity contribution is 0.0547. The molecule has 0 spiro atoms. The van der Waals surface area contributed by atoms with Gasteiger partial charge in [-0.05, 0) is 71.7 Å². The van der Waals surface area contributed by atoms with Gasteiger partial charge in [-0.2, -0.15) is 0 Å². The summed E-state index contributed by atoms with van der Waals surface area (Å²) in [5, 5.41) is 4.29. The fourth-order valence-electron chi connectivity index (χ4n) is 4.35. The second-order valence-corrected chi connectivity index (χ2v) is 10.8.